The van der Waals surface area contributed by atoms with Crippen molar-refractivity contribution >= 4 is 5.91 Å². The molecule has 2 atom stereocenters. The van der Waals surface area contributed by atoms with Gasteiger partial charge in [0.25, 0.3) is 5.91 Å². The van der Waals surface area contributed by atoms with Gasteiger partial charge in [0.2, 0.25) is 0 Å². The van der Waals surface area contributed by atoms with Crippen LogP contribution in [0.4, 0.5) is 0 Å². The van der Waals surface area contributed by atoms with E-state index in [4.69, 9.17) is 4.74 Å². The Labute approximate surface area is 109 Å². The fraction of sp³-hybridized carbons (Fsp3) is 0.533. The molecule has 0 saturated carbocycles. The molecule has 98 valence electrons. The number of likely N-dealkylation sites (tertiary alicyclic amines) is 1. The van der Waals surface area contributed by atoms with Crippen molar-refractivity contribution in [2.24, 2.45) is 5.92 Å². The number of carbonyl (C=O) groups excluding carboxylic acids is 1. The first-order valence-electron chi connectivity index (χ1n) is 6.67. The lowest BCUT2D eigenvalue weighted by Crippen LogP contribution is -2.45. The third-order valence-electron chi connectivity index (χ3n) is 3.37. The molecule has 0 radical (unpaired) electrons. The molecule has 18 heavy (non-hydrogen) atoms. The summed E-state index contributed by atoms with van der Waals surface area (Å²) < 4.78 is 5.67. The molecule has 0 N–H and O–H groups in total. The number of rotatable bonds is 3. The summed E-state index contributed by atoms with van der Waals surface area (Å²) >= 11 is 0. The van der Waals surface area contributed by atoms with E-state index in [1.165, 1.54) is 6.42 Å². The van der Waals surface area contributed by atoms with Crippen molar-refractivity contribution in [2.45, 2.75) is 32.8 Å². The summed E-state index contributed by atoms with van der Waals surface area (Å²) in [6.07, 6.45) is 1.92. The minimum atomic E-state index is -0.405. The highest BCUT2D eigenvalue weighted by Gasteiger charge is 2.25. The van der Waals surface area contributed by atoms with Gasteiger partial charge in [-0.3, -0.25) is 4.79 Å². The van der Waals surface area contributed by atoms with E-state index in [-0.39, 0.29) is 5.91 Å². The van der Waals surface area contributed by atoms with Crippen LogP contribution in [-0.2, 0) is 4.79 Å². The van der Waals surface area contributed by atoms with Gasteiger partial charge in [-0.25, -0.2) is 0 Å². The first kappa shape index (κ1) is 12.9. The molecule has 1 aliphatic heterocycles. The Balaban J connectivity index is 1.92. The normalized spacial score (nSPS) is 21.4. The number of ether oxygens (including phenoxy) is 1. The summed E-state index contributed by atoms with van der Waals surface area (Å²) in [4.78, 5) is 14.2. The molecule has 0 bridgehead atoms. The predicted octanol–water partition coefficient (Wildman–Crippen LogP) is 2.71. The Morgan fingerprint density at radius 3 is 2.78 bits per heavy atom. The zero-order chi connectivity index (χ0) is 13.0. The second-order valence-electron chi connectivity index (χ2n) is 5.10. The van der Waals surface area contributed by atoms with Crippen LogP contribution in [0.25, 0.3) is 0 Å². The van der Waals surface area contributed by atoms with Gasteiger partial charge in [-0.1, -0.05) is 25.1 Å². The van der Waals surface area contributed by atoms with Crippen molar-refractivity contribution in [3.8, 4) is 5.75 Å². The van der Waals surface area contributed by atoms with Crippen molar-refractivity contribution < 1.29 is 9.53 Å². The standard InChI is InChI=1S/C15H21NO2/c1-12-7-6-10-16(11-12)15(17)13(2)18-14-8-4-3-5-9-14/h3-5,8-9,12-13H,6-7,10-11H2,1-2H3. The number of hydrogen-bond donors (Lipinski definition) is 0. The van der Waals surface area contributed by atoms with Crippen LogP contribution >= 0.6 is 0 Å². The Bertz CT molecular complexity index is 391. The largest absolute Gasteiger partial charge is 0.481 e. The first-order valence-corrected chi connectivity index (χ1v) is 6.67. The highest BCUT2D eigenvalue weighted by atomic mass is 16.5. The van der Waals surface area contributed by atoms with Crippen LogP contribution in [0.5, 0.6) is 5.75 Å². The molecular weight excluding hydrogens is 226 g/mol. The first-order chi connectivity index (χ1) is 8.66. The van der Waals surface area contributed by atoms with Gasteiger partial charge in [0, 0.05) is 13.1 Å². The van der Waals surface area contributed by atoms with Crippen molar-refractivity contribution in [3.05, 3.63) is 30.3 Å². The van der Waals surface area contributed by atoms with Gasteiger partial charge < -0.3 is 9.64 Å². The van der Waals surface area contributed by atoms with Crippen LogP contribution in [0.3, 0.4) is 0 Å². The smallest absolute Gasteiger partial charge is 0.263 e. The summed E-state index contributed by atoms with van der Waals surface area (Å²) in [5.41, 5.74) is 0. The lowest BCUT2D eigenvalue weighted by atomic mass is 10.00. The lowest BCUT2D eigenvalue weighted by molar-refractivity contribution is -0.139. The quantitative estimate of drug-likeness (QED) is 0.822. The third-order valence-corrected chi connectivity index (χ3v) is 3.37. The maximum absolute atomic E-state index is 12.2. The van der Waals surface area contributed by atoms with Gasteiger partial charge in [0.1, 0.15) is 5.75 Å². The zero-order valence-corrected chi connectivity index (χ0v) is 11.1. The summed E-state index contributed by atoms with van der Waals surface area (Å²) in [5.74, 6) is 1.46. The fourth-order valence-corrected chi connectivity index (χ4v) is 2.40. The second-order valence-corrected chi connectivity index (χ2v) is 5.10. The average molecular weight is 247 g/mol. The molecule has 3 nitrogen and oxygen atoms in total. The SMILES string of the molecule is CC1CCCN(C(=O)C(C)Oc2ccccc2)C1. The Kier molecular flexibility index (Phi) is 4.24. The Morgan fingerprint density at radius 2 is 2.11 bits per heavy atom. The second kappa shape index (κ2) is 5.89. The Hall–Kier alpha value is -1.51. The monoisotopic (exact) mass is 247 g/mol. The third kappa shape index (κ3) is 3.25. The number of hydrogen-bond acceptors (Lipinski definition) is 2. The van der Waals surface area contributed by atoms with E-state index < -0.39 is 6.10 Å². The molecule has 1 aromatic rings. The molecular formula is C15H21NO2. The number of carbonyl (C=O) groups is 1. The van der Waals surface area contributed by atoms with Crippen molar-refractivity contribution in [3.63, 3.8) is 0 Å². The van der Waals surface area contributed by atoms with Crippen LogP contribution in [0.2, 0.25) is 0 Å². The maximum Gasteiger partial charge on any atom is 0.263 e. The number of amides is 1. The van der Waals surface area contributed by atoms with Gasteiger partial charge in [-0.2, -0.15) is 0 Å². The molecule has 2 unspecified atom stereocenters. The van der Waals surface area contributed by atoms with Crippen molar-refractivity contribution in [1.29, 1.82) is 0 Å². The van der Waals surface area contributed by atoms with Crippen LogP contribution in [-0.4, -0.2) is 30.0 Å². The number of para-hydroxylation sites is 1. The molecule has 1 aliphatic rings. The minimum Gasteiger partial charge on any atom is -0.481 e. The topological polar surface area (TPSA) is 29.5 Å². The van der Waals surface area contributed by atoms with Crippen LogP contribution in [0.15, 0.2) is 30.3 Å². The summed E-state index contributed by atoms with van der Waals surface area (Å²) in [7, 11) is 0. The number of piperidine rings is 1. The summed E-state index contributed by atoms with van der Waals surface area (Å²) in [6.45, 7) is 5.75. The highest BCUT2D eigenvalue weighted by Crippen LogP contribution is 2.18. The molecule has 0 aromatic heterocycles. The van der Waals surface area contributed by atoms with Crippen LogP contribution in [0.1, 0.15) is 26.7 Å². The van der Waals surface area contributed by atoms with E-state index in [1.54, 1.807) is 0 Å². The lowest BCUT2D eigenvalue weighted by Gasteiger charge is -2.32. The minimum absolute atomic E-state index is 0.102. The van der Waals surface area contributed by atoms with Gasteiger partial charge in [0.15, 0.2) is 6.10 Å². The molecule has 1 fully saturated rings. The van der Waals surface area contributed by atoms with Gasteiger partial charge in [-0.05, 0) is 37.8 Å². The summed E-state index contributed by atoms with van der Waals surface area (Å²) in [5, 5.41) is 0. The van der Waals surface area contributed by atoms with Crippen molar-refractivity contribution in [1.82, 2.24) is 4.90 Å². The van der Waals surface area contributed by atoms with Gasteiger partial charge in [-0.15, -0.1) is 0 Å². The van der Waals surface area contributed by atoms with E-state index in [0.717, 1.165) is 25.3 Å². The fourth-order valence-electron chi connectivity index (χ4n) is 2.40. The van der Waals surface area contributed by atoms with E-state index >= 15 is 0 Å². The van der Waals surface area contributed by atoms with E-state index in [0.29, 0.717) is 5.92 Å². The van der Waals surface area contributed by atoms with Crippen LogP contribution < -0.4 is 4.74 Å². The molecule has 1 aromatic carbocycles. The molecule has 3 heteroatoms. The molecule has 1 heterocycles. The van der Waals surface area contributed by atoms with E-state index in [1.807, 2.05) is 42.2 Å². The van der Waals surface area contributed by atoms with E-state index in [9.17, 15) is 4.79 Å². The van der Waals surface area contributed by atoms with E-state index in [2.05, 4.69) is 6.92 Å². The maximum atomic E-state index is 12.2. The molecule has 0 spiro atoms. The Morgan fingerprint density at radius 1 is 1.39 bits per heavy atom. The van der Waals surface area contributed by atoms with Crippen LogP contribution in [0, 0.1) is 5.92 Å². The van der Waals surface area contributed by atoms with Gasteiger partial charge in [0.05, 0.1) is 0 Å². The number of benzene rings is 1. The predicted molar refractivity (Wildman–Crippen MR) is 71.5 cm³/mol. The molecule has 1 amide bonds. The average Bonchev–Trinajstić information content (AvgIpc) is 2.39. The molecule has 2 rings (SSSR count). The van der Waals surface area contributed by atoms with Crippen molar-refractivity contribution in [2.75, 3.05) is 13.1 Å². The highest BCUT2D eigenvalue weighted by molar-refractivity contribution is 5.81. The molecule has 0 aliphatic carbocycles. The molecule has 1 saturated heterocycles. The summed E-state index contributed by atoms with van der Waals surface area (Å²) in [6, 6.07) is 9.52. The van der Waals surface area contributed by atoms with Gasteiger partial charge >= 0.3 is 0 Å². The zero-order valence-electron chi connectivity index (χ0n) is 11.1. The number of nitrogens with zero attached hydrogens (tertiary/aromatic N) is 1.